The predicted molar refractivity (Wildman–Crippen MR) is 120 cm³/mol. The van der Waals surface area contributed by atoms with Crippen LogP contribution in [0, 0.1) is 5.82 Å². The molecule has 0 bridgehead atoms. The molecule has 0 aliphatic carbocycles. The lowest BCUT2D eigenvalue weighted by atomic mass is 10.0. The van der Waals surface area contributed by atoms with Crippen molar-refractivity contribution in [2.45, 2.75) is 19.4 Å². The van der Waals surface area contributed by atoms with Crippen LogP contribution in [0.25, 0.3) is 0 Å². The van der Waals surface area contributed by atoms with E-state index >= 15 is 0 Å². The van der Waals surface area contributed by atoms with E-state index in [4.69, 9.17) is 0 Å². The summed E-state index contributed by atoms with van der Waals surface area (Å²) in [5.41, 5.74) is 3.53. The Labute approximate surface area is 182 Å². The van der Waals surface area contributed by atoms with Gasteiger partial charge in [-0.1, -0.05) is 36.4 Å². The molecule has 1 heterocycles. The lowest BCUT2D eigenvalue weighted by molar-refractivity contribution is -0.120. The standard InChI is InChI=1S/C21H25FN4O.HI/c1-23-21(26-13-10-17-4-2-3-5-18(17)15-26)25-12-11-24-20(27)14-16-6-8-19(22)9-7-16;/h2-9H,10-15H2,1H3,(H,23,25)(H,24,27);1H. The Morgan fingerprint density at radius 1 is 1.07 bits per heavy atom. The van der Waals surface area contributed by atoms with Crippen molar-refractivity contribution < 1.29 is 9.18 Å². The summed E-state index contributed by atoms with van der Waals surface area (Å²) >= 11 is 0. The number of hydrogen-bond donors (Lipinski definition) is 2. The Morgan fingerprint density at radius 2 is 1.75 bits per heavy atom. The largest absolute Gasteiger partial charge is 0.354 e. The number of guanidine groups is 1. The minimum atomic E-state index is -0.296. The van der Waals surface area contributed by atoms with Crippen LogP contribution in [-0.4, -0.2) is 43.4 Å². The first-order chi connectivity index (χ1) is 13.2. The van der Waals surface area contributed by atoms with Gasteiger partial charge in [-0.3, -0.25) is 9.79 Å². The average molecular weight is 496 g/mol. The van der Waals surface area contributed by atoms with Gasteiger partial charge < -0.3 is 15.5 Å². The van der Waals surface area contributed by atoms with Gasteiger partial charge in [-0.05, 0) is 35.2 Å². The Morgan fingerprint density at radius 3 is 2.46 bits per heavy atom. The van der Waals surface area contributed by atoms with E-state index in [9.17, 15) is 9.18 Å². The number of halogens is 2. The van der Waals surface area contributed by atoms with Crippen LogP contribution in [0.1, 0.15) is 16.7 Å². The highest BCUT2D eigenvalue weighted by Gasteiger charge is 2.18. The van der Waals surface area contributed by atoms with Crippen molar-refractivity contribution in [2.75, 3.05) is 26.7 Å². The molecule has 3 rings (SSSR count). The van der Waals surface area contributed by atoms with E-state index in [1.54, 1.807) is 19.2 Å². The van der Waals surface area contributed by atoms with E-state index in [-0.39, 0.29) is 42.1 Å². The number of aliphatic imine (C=N–C) groups is 1. The van der Waals surface area contributed by atoms with Gasteiger partial charge in [0.1, 0.15) is 5.82 Å². The van der Waals surface area contributed by atoms with Gasteiger partial charge in [-0.2, -0.15) is 0 Å². The minimum Gasteiger partial charge on any atom is -0.354 e. The third kappa shape index (κ3) is 6.19. The van der Waals surface area contributed by atoms with E-state index in [1.807, 2.05) is 0 Å². The molecule has 1 aliphatic rings. The smallest absolute Gasteiger partial charge is 0.224 e. The van der Waals surface area contributed by atoms with Gasteiger partial charge in [0.2, 0.25) is 5.91 Å². The molecule has 1 amide bonds. The summed E-state index contributed by atoms with van der Waals surface area (Å²) in [5, 5.41) is 6.18. The highest BCUT2D eigenvalue weighted by molar-refractivity contribution is 14.0. The topological polar surface area (TPSA) is 56.7 Å². The number of amides is 1. The molecule has 28 heavy (non-hydrogen) atoms. The second-order valence-corrected chi connectivity index (χ2v) is 6.57. The van der Waals surface area contributed by atoms with Crippen LogP contribution >= 0.6 is 24.0 Å². The third-order valence-electron chi connectivity index (χ3n) is 4.65. The maximum atomic E-state index is 12.9. The molecule has 2 N–H and O–H groups in total. The van der Waals surface area contributed by atoms with Crippen molar-refractivity contribution in [1.29, 1.82) is 0 Å². The Hall–Kier alpha value is -2.16. The first-order valence-electron chi connectivity index (χ1n) is 9.19. The molecule has 7 heteroatoms. The summed E-state index contributed by atoms with van der Waals surface area (Å²) in [7, 11) is 1.77. The van der Waals surface area contributed by atoms with Crippen molar-refractivity contribution in [3.8, 4) is 0 Å². The van der Waals surface area contributed by atoms with Gasteiger partial charge in [-0.25, -0.2) is 4.39 Å². The lowest BCUT2D eigenvalue weighted by Gasteiger charge is -2.31. The second-order valence-electron chi connectivity index (χ2n) is 6.57. The van der Waals surface area contributed by atoms with Crippen molar-refractivity contribution in [1.82, 2.24) is 15.5 Å². The number of carbonyl (C=O) groups is 1. The van der Waals surface area contributed by atoms with E-state index < -0.39 is 0 Å². The number of hydrogen-bond acceptors (Lipinski definition) is 2. The zero-order valence-electron chi connectivity index (χ0n) is 16.0. The van der Waals surface area contributed by atoms with Crippen LogP contribution in [0.5, 0.6) is 0 Å². The third-order valence-corrected chi connectivity index (χ3v) is 4.65. The van der Waals surface area contributed by atoms with Crippen LogP contribution in [-0.2, 0) is 24.2 Å². The average Bonchev–Trinajstić information content (AvgIpc) is 2.69. The normalized spacial score (nSPS) is 13.4. The molecule has 0 fully saturated rings. The Balaban J connectivity index is 0.00000280. The van der Waals surface area contributed by atoms with Gasteiger partial charge >= 0.3 is 0 Å². The molecule has 0 saturated carbocycles. The monoisotopic (exact) mass is 496 g/mol. The van der Waals surface area contributed by atoms with Crippen LogP contribution in [0.4, 0.5) is 4.39 Å². The molecule has 0 unspecified atom stereocenters. The molecule has 2 aromatic rings. The maximum absolute atomic E-state index is 12.9. The van der Waals surface area contributed by atoms with Crippen molar-refractivity contribution in [3.63, 3.8) is 0 Å². The van der Waals surface area contributed by atoms with Gasteiger partial charge in [0.25, 0.3) is 0 Å². The van der Waals surface area contributed by atoms with Gasteiger partial charge in [0.05, 0.1) is 6.42 Å². The molecule has 0 saturated heterocycles. The SMILES string of the molecule is CN=C(NCCNC(=O)Cc1ccc(F)cc1)N1CCc2ccccc2C1.I. The zero-order chi connectivity index (χ0) is 19.1. The first kappa shape index (κ1) is 22.1. The summed E-state index contributed by atoms with van der Waals surface area (Å²) in [5.74, 6) is 0.470. The molecule has 2 aromatic carbocycles. The second kappa shape index (κ2) is 11.0. The molecule has 150 valence electrons. The summed E-state index contributed by atoms with van der Waals surface area (Å²) in [6.45, 7) is 2.86. The fourth-order valence-corrected chi connectivity index (χ4v) is 3.24. The molecular weight excluding hydrogens is 470 g/mol. The minimum absolute atomic E-state index is 0. The Kier molecular flexibility index (Phi) is 8.69. The van der Waals surface area contributed by atoms with E-state index in [0.717, 1.165) is 31.0 Å². The maximum Gasteiger partial charge on any atom is 0.224 e. The molecule has 1 aliphatic heterocycles. The fraction of sp³-hybridized carbons (Fsp3) is 0.333. The summed E-state index contributed by atoms with van der Waals surface area (Å²) in [6.07, 6.45) is 1.25. The number of benzene rings is 2. The molecular formula is C21H26FIN4O. The highest BCUT2D eigenvalue weighted by Crippen LogP contribution is 2.18. The van der Waals surface area contributed by atoms with Gasteiger partial charge in [0, 0.05) is 33.2 Å². The van der Waals surface area contributed by atoms with Gasteiger partial charge in [-0.15, -0.1) is 24.0 Å². The predicted octanol–water partition coefficient (Wildman–Crippen LogP) is 2.74. The van der Waals surface area contributed by atoms with Crippen molar-refractivity contribution >= 4 is 35.8 Å². The first-order valence-corrected chi connectivity index (χ1v) is 9.19. The number of carbonyl (C=O) groups excluding carboxylic acids is 1. The van der Waals surface area contributed by atoms with Gasteiger partial charge in [0.15, 0.2) is 5.96 Å². The van der Waals surface area contributed by atoms with Crippen LogP contribution in [0.15, 0.2) is 53.5 Å². The molecule has 0 radical (unpaired) electrons. The molecule has 0 aromatic heterocycles. The van der Waals surface area contributed by atoms with E-state index in [2.05, 4.69) is 44.8 Å². The number of nitrogens with one attached hydrogen (secondary N) is 2. The summed E-state index contributed by atoms with van der Waals surface area (Å²) in [6, 6.07) is 14.5. The summed E-state index contributed by atoms with van der Waals surface area (Å²) < 4.78 is 12.9. The van der Waals surface area contributed by atoms with Crippen LogP contribution in [0.2, 0.25) is 0 Å². The van der Waals surface area contributed by atoms with E-state index in [0.29, 0.717) is 13.1 Å². The molecule has 5 nitrogen and oxygen atoms in total. The highest BCUT2D eigenvalue weighted by atomic mass is 127. The van der Waals surface area contributed by atoms with Crippen molar-refractivity contribution in [2.24, 2.45) is 4.99 Å². The fourth-order valence-electron chi connectivity index (χ4n) is 3.24. The lowest BCUT2D eigenvalue weighted by Crippen LogP contribution is -2.46. The summed E-state index contributed by atoms with van der Waals surface area (Å²) in [4.78, 5) is 18.6. The van der Waals surface area contributed by atoms with Crippen LogP contribution in [0.3, 0.4) is 0 Å². The number of nitrogens with zero attached hydrogens (tertiary/aromatic N) is 2. The van der Waals surface area contributed by atoms with Crippen molar-refractivity contribution in [3.05, 3.63) is 71.0 Å². The number of fused-ring (bicyclic) bond motifs is 1. The van der Waals surface area contributed by atoms with E-state index in [1.165, 1.54) is 23.3 Å². The quantitative estimate of drug-likeness (QED) is 0.290. The molecule has 0 atom stereocenters. The van der Waals surface area contributed by atoms with Crippen LogP contribution < -0.4 is 10.6 Å². The molecule has 0 spiro atoms. The number of rotatable bonds is 5. The zero-order valence-corrected chi connectivity index (χ0v) is 18.3. The Bertz CT molecular complexity index is 810.